The van der Waals surface area contributed by atoms with Crippen LogP contribution in [0.5, 0.6) is 0 Å². The third-order valence-corrected chi connectivity index (χ3v) is 11.4. The molecule has 0 saturated carbocycles. The van der Waals surface area contributed by atoms with Crippen LogP contribution in [-0.2, 0) is 28.6 Å². The largest absolute Gasteiger partial charge is 0.462 e. The number of carbonyl (C=O) groups excluding carboxylic acids is 3. The number of ether oxygens (including phenoxy) is 3. The van der Waals surface area contributed by atoms with Crippen LogP contribution in [-0.4, -0.2) is 37.2 Å². The van der Waals surface area contributed by atoms with E-state index in [1.807, 2.05) is 0 Å². The van der Waals surface area contributed by atoms with E-state index in [-0.39, 0.29) is 37.5 Å². The third-order valence-electron chi connectivity index (χ3n) is 11.4. The minimum absolute atomic E-state index is 0.0917. The van der Waals surface area contributed by atoms with Crippen LogP contribution in [0.1, 0.15) is 258 Å². The summed E-state index contributed by atoms with van der Waals surface area (Å²) >= 11 is 0. The van der Waals surface area contributed by atoms with Crippen molar-refractivity contribution >= 4 is 17.9 Å². The number of rotatable bonds is 48. The van der Waals surface area contributed by atoms with E-state index in [0.29, 0.717) is 19.3 Å². The van der Waals surface area contributed by atoms with Crippen LogP contribution in [0.15, 0.2) is 72.9 Å². The molecule has 64 heavy (non-hydrogen) atoms. The molecule has 0 aliphatic heterocycles. The maximum Gasteiger partial charge on any atom is 0.306 e. The van der Waals surface area contributed by atoms with Gasteiger partial charge in [0.25, 0.3) is 0 Å². The van der Waals surface area contributed by atoms with Gasteiger partial charge in [0.1, 0.15) is 13.2 Å². The summed E-state index contributed by atoms with van der Waals surface area (Å²) in [5, 5.41) is 0. The number of allylic oxidation sites excluding steroid dienone is 12. The summed E-state index contributed by atoms with van der Waals surface area (Å²) in [4.78, 5) is 37.7. The highest BCUT2D eigenvalue weighted by Crippen LogP contribution is 2.15. The minimum Gasteiger partial charge on any atom is -0.462 e. The van der Waals surface area contributed by atoms with E-state index in [1.165, 1.54) is 128 Å². The Morgan fingerprint density at radius 1 is 0.328 bits per heavy atom. The van der Waals surface area contributed by atoms with Gasteiger partial charge in [-0.15, -0.1) is 0 Å². The zero-order valence-electron chi connectivity index (χ0n) is 42.0. The molecule has 0 aromatic carbocycles. The van der Waals surface area contributed by atoms with E-state index < -0.39 is 6.10 Å². The molecule has 0 amide bonds. The second-order valence-electron chi connectivity index (χ2n) is 17.8. The summed E-state index contributed by atoms with van der Waals surface area (Å²) in [5.41, 5.74) is 0. The zero-order valence-corrected chi connectivity index (χ0v) is 42.0. The van der Waals surface area contributed by atoms with Gasteiger partial charge in [0, 0.05) is 19.3 Å². The number of hydrogen-bond donors (Lipinski definition) is 0. The van der Waals surface area contributed by atoms with Crippen molar-refractivity contribution in [1.82, 2.24) is 0 Å². The monoisotopic (exact) mass is 893 g/mol. The fraction of sp³-hybridized carbons (Fsp3) is 0.741. The molecular formula is C58H100O6. The Morgan fingerprint density at radius 3 is 0.984 bits per heavy atom. The topological polar surface area (TPSA) is 78.9 Å². The summed E-state index contributed by atoms with van der Waals surface area (Å²) in [6, 6.07) is 0. The highest BCUT2D eigenvalue weighted by Gasteiger charge is 2.19. The first-order valence-electron chi connectivity index (χ1n) is 26.9. The molecule has 6 heteroatoms. The molecule has 0 aliphatic carbocycles. The summed E-state index contributed by atoms with van der Waals surface area (Å²) in [7, 11) is 0. The number of esters is 3. The number of hydrogen-bond acceptors (Lipinski definition) is 6. The summed E-state index contributed by atoms with van der Waals surface area (Å²) < 4.78 is 16.7. The molecule has 368 valence electrons. The molecular weight excluding hydrogens is 793 g/mol. The van der Waals surface area contributed by atoms with Crippen LogP contribution in [0.3, 0.4) is 0 Å². The van der Waals surface area contributed by atoms with Crippen molar-refractivity contribution in [3.8, 4) is 0 Å². The number of carbonyl (C=O) groups is 3. The van der Waals surface area contributed by atoms with Crippen molar-refractivity contribution < 1.29 is 28.6 Å². The SMILES string of the molecule is CC/C=C\C/C=C\C/C=C\C/C=C\CCCCC(=O)OC(COC(=O)CCCCCCCC)COC(=O)CCCCCCCCCCCCCCC/C=C\C/C=C\CCCCCCC. The van der Waals surface area contributed by atoms with Gasteiger partial charge in [-0.2, -0.15) is 0 Å². The summed E-state index contributed by atoms with van der Waals surface area (Å²) in [6.45, 7) is 6.42. The Kier molecular flexibility index (Phi) is 49.9. The standard InChI is InChI=1S/C58H100O6/c1-4-7-10-13-16-18-20-22-24-25-26-27-28-29-30-31-32-33-35-36-38-40-42-45-48-51-57(60)63-54-55(53-62-56(59)50-47-44-15-12-9-6-3)64-58(61)52-49-46-43-41-39-37-34-23-21-19-17-14-11-8-5-2/h8,11,17,19-20,22-23,25-26,34,39,41,55H,4-7,9-10,12-16,18,21,24,27-33,35-38,40,42-54H2,1-3H3/b11-8-,19-17-,22-20-,26-25-,34-23-,41-39-. The maximum atomic E-state index is 12.7. The first-order chi connectivity index (χ1) is 31.5. The third kappa shape index (κ3) is 49.9. The van der Waals surface area contributed by atoms with Crippen molar-refractivity contribution in [3.63, 3.8) is 0 Å². The number of unbranched alkanes of at least 4 members (excludes halogenated alkanes) is 25. The van der Waals surface area contributed by atoms with Gasteiger partial charge in [0.15, 0.2) is 6.10 Å². The van der Waals surface area contributed by atoms with Crippen molar-refractivity contribution in [2.45, 2.75) is 264 Å². The Labute approximate surface area is 395 Å². The molecule has 0 rings (SSSR count). The lowest BCUT2D eigenvalue weighted by molar-refractivity contribution is -0.167. The van der Waals surface area contributed by atoms with Gasteiger partial charge < -0.3 is 14.2 Å². The molecule has 0 N–H and O–H groups in total. The van der Waals surface area contributed by atoms with Gasteiger partial charge in [-0.1, -0.05) is 222 Å². The highest BCUT2D eigenvalue weighted by molar-refractivity contribution is 5.71. The molecule has 1 unspecified atom stereocenters. The molecule has 0 bridgehead atoms. The molecule has 1 atom stereocenters. The van der Waals surface area contributed by atoms with E-state index in [2.05, 4.69) is 93.7 Å². The predicted octanol–water partition coefficient (Wildman–Crippen LogP) is 17.8. The Balaban J connectivity index is 4.15. The van der Waals surface area contributed by atoms with Crippen LogP contribution in [0.2, 0.25) is 0 Å². The van der Waals surface area contributed by atoms with Crippen molar-refractivity contribution in [3.05, 3.63) is 72.9 Å². The lowest BCUT2D eigenvalue weighted by Crippen LogP contribution is -2.30. The molecule has 0 fully saturated rings. The Morgan fingerprint density at radius 2 is 0.609 bits per heavy atom. The van der Waals surface area contributed by atoms with E-state index >= 15 is 0 Å². The van der Waals surface area contributed by atoms with Gasteiger partial charge in [0.2, 0.25) is 0 Å². The van der Waals surface area contributed by atoms with Gasteiger partial charge in [-0.25, -0.2) is 0 Å². The van der Waals surface area contributed by atoms with Crippen molar-refractivity contribution in [2.75, 3.05) is 13.2 Å². The zero-order chi connectivity index (χ0) is 46.5. The first-order valence-corrected chi connectivity index (χ1v) is 26.9. The van der Waals surface area contributed by atoms with Crippen molar-refractivity contribution in [2.24, 2.45) is 0 Å². The predicted molar refractivity (Wildman–Crippen MR) is 274 cm³/mol. The fourth-order valence-electron chi connectivity index (χ4n) is 7.40. The van der Waals surface area contributed by atoms with Gasteiger partial charge in [-0.05, 0) is 89.9 Å². The molecule has 0 saturated heterocycles. The lowest BCUT2D eigenvalue weighted by Gasteiger charge is -2.18. The molecule has 0 aromatic heterocycles. The van der Waals surface area contributed by atoms with E-state index in [1.54, 1.807) is 0 Å². The average molecular weight is 893 g/mol. The van der Waals surface area contributed by atoms with Gasteiger partial charge in [0.05, 0.1) is 0 Å². The Hall–Kier alpha value is -3.15. The van der Waals surface area contributed by atoms with Crippen LogP contribution in [0, 0.1) is 0 Å². The second-order valence-corrected chi connectivity index (χ2v) is 17.8. The summed E-state index contributed by atoms with van der Waals surface area (Å²) in [6.07, 6.45) is 66.4. The first kappa shape index (κ1) is 60.9. The van der Waals surface area contributed by atoms with Crippen molar-refractivity contribution in [1.29, 1.82) is 0 Å². The van der Waals surface area contributed by atoms with Crippen LogP contribution in [0.4, 0.5) is 0 Å². The molecule has 0 radical (unpaired) electrons. The smallest absolute Gasteiger partial charge is 0.306 e. The van der Waals surface area contributed by atoms with Crippen LogP contribution < -0.4 is 0 Å². The van der Waals surface area contributed by atoms with Crippen LogP contribution in [0.25, 0.3) is 0 Å². The molecule has 6 nitrogen and oxygen atoms in total. The van der Waals surface area contributed by atoms with Gasteiger partial charge in [-0.3, -0.25) is 14.4 Å². The minimum atomic E-state index is -0.793. The van der Waals surface area contributed by atoms with Crippen LogP contribution >= 0.6 is 0 Å². The molecule has 0 aromatic rings. The van der Waals surface area contributed by atoms with E-state index in [4.69, 9.17) is 14.2 Å². The normalized spacial score (nSPS) is 12.6. The van der Waals surface area contributed by atoms with Gasteiger partial charge >= 0.3 is 17.9 Å². The quantitative estimate of drug-likeness (QED) is 0.0262. The van der Waals surface area contributed by atoms with E-state index in [9.17, 15) is 14.4 Å². The lowest BCUT2D eigenvalue weighted by atomic mass is 10.0. The molecule has 0 aliphatic rings. The van der Waals surface area contributed by atoms with E-state index in [0.717, 1.165) is 83.5 Å². The molecule has 0 heterocycles. The molecule has 0 spiro atoms. The Bertz CT molecular complexity index is 1210. The second kappa shape index (κ2) is 52.5. The average Bonchev–Trinajstić information content (AvgIpc) is 3.29. The summed E-state index contributed by atoms with van der Waals surface area (Å²) in [5.74, 6) is -0.942. The fourth-order valence-corrected chi connectivity index (χ4v) is 7.40. The maximum absolute atomic E-state index is 12.7. The highest BCUT2D eigenvalue weighted by atomic mass is 16.6.